The molecule has 0 saturated carbocycles. The molecule has 0 radical (unpaired) electrons. The predicted molar refractivity (Wildman–Crippen MR) is 108 cm³/mol. The molecule has 3 heterocycles. The fraction of sp³-hybridized carbons (Fsp3) is 0.136. The third-order valence-electron chi connectivity index (χ3n) is 4.74. The van der Waals surface area contributed by atoms with Gasteiger partial charge in [-0.2, -0.15) is 13.2 Å². The van der Waals surface area contributed by atoms with Crippen molar-refractivity contribution in [1.82, 2.24) is 15.0 Å². The summed E-state index contributed by atoms with van der Waals surface area (Å²) in [7, 11) is 0. The van der Waals surface area contributed by atoms with Gasteiger partial charge in [-0.25, -0.2) is 9.97 Å². The number of hydrogen-bond donors (Lipinski definition) is 1. The number of hydrogen-bond acceptors (Lipinski definition) is 3. The van der Waals surface area contributed by atoms with E-state index in [1.807, 2.05) is 12.1 Å². The van der Waals surface area contributed by atoms with Crippen LogP contribution < -0.4 is 0 Å². The zero-order chi connectivity index (χ0) is 21.3. The van der Waals surface area contributed by atoms with Gasteiger partial charge in [0.1, 0.15) is 5.65 Å². The molecule has 0 amide bonds. The first-order valence-corrected chi connectivity index (χ1v) is 9.49. The van der Waals surface area contributed by atoms with Crippen molar-refractivity contribution in [2.24, 2.45) is 0 Å². The second-order valence-corrected chi connectivity index (χ2v) is 7.19. The van der Waals surface area contributed by atoms with Crippen LogP contribution in [0.4, 0.5) is 13.2 Å². The molecular formula is C22H15ClF3N3O. The molecule has 4 nitrogen and oxygen atoms in total. The van der Waals surface area contributed by atoms with Gasteiger partial charge in [0.05, 0.1) is 5.56 Å². The number of halogens is 4. The van der Waals surface area contributed by atoms with Gasteiger partial charge in [-0.05, 0) is 54.8 Å². The molecule has 0 aliphatic rings. The van der Waals surface area contributed by atoms with Crippen molar-refractivity contribution in [2.45, 2.75) is 19.0 Å². The first-order chi connectivity index (χ1) is 14.3. The Kier molecular flexibility index (Phi) is 5.30. The van der Waals surface area contributed by atoms with E-state index in [1.54, 1.807) is 24.3 Å². The SMILES string of the molecule is O=C(c1ccc(CCc2ccc(Cl)cc2)nc1C(F)(F)F)c1c[nH]c2ncccc12. The number of fused-ring (bicyclic) bond motifs is 1. The van der Waals surface area contributed by atoms with E-state index in [4.69, 9.17) is 11.6 Å². The van der Waals surface area contributed by atoms with Gasteiger partial charge in [0.15, 0.2) is 11.5 Å². The number of ketones is 1. The number of aromatic nitrogens is 3. The minimum atomic E-state index is -4.76. The van der Waals surface area contributed by atoms with Crippen molar-refractivity contribution in [3.8, 4) is 0 Å². The van der Waals surface area contributed by atoms with Crippen molar-refractivity contribution in [2.75, 3.05) is 0 Å². The largest absolute Gasteiger partial charge is 0.434 e. The van der Waals surface area contributed by atoms with Crippen LogP contribution in [0.15, 0.2) is 60.9 Å². The van der Waals surface area contributed by atoms with Crippen molar-refractivity contribution in [3.05, 3.63) is 94.0 Å². The molecule has 0 saturated heterocycles. The van der Waals surface area contributed by atoms with Crippen molar-refractivity contribution in [3.63, 3.8) is 0 Å². The normalized spacial score (nSPS) is 11.7. The van der Waals surface area contributed by atoms with E-state index >= 15 is 0 Å². The smallest absolute Gasteiger partial charge is 0.345 e. The molecular weight excluding hydrogens is 415 g/mol. The first-order valence-electron chi connectivity index (χ1n) is 9.11. The predicted octanol–water partition coefficient (Wildman–Crippen LogP) is 5.65. The average molecular weight is 430 g/mol. The van der Waals surface area contributed by atoms with Crippen LogP contribution in [0.2, 0.25) is 5.02 Å². The van der Waals surface area contributed by atoms with Crippen LogP contribution in [0, 0.1) is 0 Å². The third kappa shape index (κ3) is 4.07. The van der Waals surface area contributed by atoms with Crippen molar-refractivity contribution < 1.29 is 18.0 Å². The summed E-state index contributed by atoms with van der Waals surface area (Å²) >= 11 is 5.85. The monoisotopic (exact) mass is 429 g/mol. The number of H-pyrrole nitrogens is 1. The molecule has 0 unspecified atom stereocenters. The Morgan fingerprint density at radius 3 is 2.50 bits per heavy atom. The van der Waals surface area contributed by atoms with Gasteiger partial charge in [0.2, 0.25) is 0 Å². The molecule has 4 rings (SSSR count). The molecule has 1 aromatic carbocycles. The fourth-order valence-corrected chi connectivity index (χ4v) is 3.38. The molecule has 8 heteroatoms. The lowest BCUT2D eigenvalue weighted by Crippen LogP contribution is -2.17. The molecule has 0 atom stereocenters. The molecule has 0 bridgehead atoms. The summed E-state index contributed by atoms with van der Waals surface area (Å²) in [4.78, 5) is 23.6. The van der Waals surface area contributed by atoms with E-state index in [0.29, 0.717) is 28.9 Å². The van der Waals surface area contributed by atoms with Crippen LogP contribution in [0.3, 0.4) is 0 Å². The molecule has 3 aromatic heterocycles. The van der Waals surface area contributed by atoms with E-state index < -0.39 is 23.2 Å². The highest BCUT2D eigenvalue weighted by molar-refractivity contribution is 6.30. The Balaban J connectivity index is 1.66. The van der Waals surface area contributed by atoms with E-state index in [-0.39, 0.29) is 11.3 Å². The van der Waals surface area contributed by atoms with Crippen LogP contribution in [0.1, 0.15) is 32.9 Å². The Hall–Kier alpha value is -3.19. The highest BCUT2D eigenvalue weighted by atomic mass is 35.5. The number of carbonyl (C=O) groups is 1. The average Bonchev–Trinajstić information content (AvgIpc) is 3.16. The summed E-state index contributed by atoms with van der Waals surface area (Å²) in [6.45, 7) is 0. The van der Waals surface area contributed by atoms with E-state index in [2.05, 4.69) is 15.0 Å². The van der Waals surface area contributed by atoms with Crippen LogP contribution in [-0.2, 0) is 19.0 Å². The Morgan fingerprint density at radius 1 is 1.00 bits per heavy atom. The number of benzene rings is 1. The van der Waals surface area contributed by atoms with Gasteiger partial charge in [0, 0.05) is 34.1 Å². The van der Waals surface area contributed by atoms with Gasteiger partial charge >= 0.3 is 6.18 Å². The van der Waals surface area contributed by atoms with Gasteiger partial charge in [-0.3, -0.25) is 4.79 Å². The fourth-order valence-electron chi connectivity index (χ4n) is 3.25. The maximum absolute atomic E-state index is 13.7. The van der Waals surface area contributed by atoms with Gasteiger partial charge in [-0.15, -0.1) is 0 Å². The number of nitrogens with zero attached hydrogens (tertiary/aromatic N) is 2. The molecule has 4 aromatic rings. The Bertz CT molecular complexity index is 1220. The highest BCUT2D eigenvalue weighted by Crippen LogP contribution is 2.33. The Morgan fingerprint density at radius 2 is 1.77 bits per heavy atom. The standard InChI is InChI=1S/C22H15ClF3N3O/c23-14-6-3-13(4-7-14)5-8-15-9-10-17(20(29-15)22(24,25)26)19(30)18-12-28-21-16(18)2-1-11-27-21/h1-4,6-7,9-12H,5,8H2,(H,27,28). The van der Waals surface area contributed by atoms with Crippen molar-refractivity contribution >= 4 is 28.4 Å². The highest BCUT2D eigenvalue weighted by Gasteiger charge is 2.38. The first kappa shape index (κ1) is 20.1. The van der Waals surface area contributed by atoms with Gasteiger partial charge in [0.25, 0.3) is 0 Å². The summed E-state index contributed by atoms with van der Waals surface area (Å²) in [6, 6.07) is 13.0. The number of carbonyl (C=O) groups excluding carboxylic acids is 1. The topological polar surface area (TPSA) is 58.6 Å². The number of alkyl halides is 3. The minimum absolute atomic E-state index is 0.124. The lowest BCUT2D eigenvalue weighted by Gasteiger charge is -2.13. The molecule has 0 fully saturated rings. The van der Waals surface area contributed by atoms with Crippen LogP contribution in [-0.4, -0.2) is 20.7 Å². The zero-order valence-corrected chi connectivity index (χ0v) is 16.3. The number of aromatic amines is 1. The molecule has 0 spiro atoms. The van der Waals surface area contributed by atoms with Gasteiger partial charge in [-0.1, -0.05) is 23.7 Å². The maximum Gasteiger partial charge on any atom is 0.434 e. The summed E-state index contributed by atoms with van der Waals surface area (Å²) in [5.74, 6) is -0.752. The van der Waals surface area contributed by atoms with E-state index in [9.17, 15) is 18.0 Å². The lowest BCUT2D eigenvalue weighted by molar-refractivity contribution is -0.141. The Labute approximate surface area is 174 Å². The number of aryl methyl sites for hydroxylation is 2. The zero-order valence-electron chi connectivity index (χ0n) is 15.5. The van der Waals surface area contributed by atoms with Crippen LogP contribution in [0.5, 0.6) is 0 Å². The summed E-state index contributed by atoms with van der Waals surface area (Å²) < 4.78 is 41.1. The van der Waals surface area contributed by atoms with Gasteiger partial charge < -0.3 is 4.98 Å². The second-order valence-electron chi connectivity index (χ2n) is 6.75. The number of nitrogens with one attached hydrogen (secondary N) is 1. The second kappa shape index (κ2) is 7.91. The molecule has 30 heavy (non-hydrogen) atoms. The number of pyridine rings is 2. The molecule has 0 aliphatic heterocycles. The van der Waals surface area contributed by atoms with Crippen LogP contribution >= 0.6 is 11.6 Å². The third-order valence-corrected chi connectivity index (χ3v) is 5.00. The number of rotatable bonds is 5. The van der Waals surface area contributed by atoms with E-state index in [0.717, 1.165) is 5.56 Å². The maximum atomic E-state index is 13.7. The summed E-state index contributed by atoms with van der Waals surface area (Å²) in [5, 5.41) is 1.05. The van der Waals surface area contributed by atoms with Crippen LogP contribution in [0.25, 0.3) is 11.0 Å². The summed E-state index contributed by atoms with van der Waals surface area (Å²) in [6.07, 6.45) is -1.05. The summed E-state index contributed by atoms with van der Waals surface area (Å²) in [5.41, 5.74) is 0.0822. The molecule has 152 valence electrons. The van der Waals surface area contributed by atoms with E-state index in [1.165, 1.54) is 24.5 Å². The molecule has 1 N–H and O–H groups in total. The lowest BCUT2D eigenvalue weighted by atomic mass is 10.00. The minimum Gasteiger partial charge on any atom is -0.345 e. The molecule has 0 aliphatic carbocycles. The van der Waals surface area contributed by atoms with Crippen molar-refractivity contribution in [1.29, 1.82) is 0 Å². The quantitative estimate of drug-likeness (QED) is 0.417.